The molecule has 1 aliphatic carbocycles. The summed E-state index contributed by atoms with van der Waals surface area (Å²) in [6.07, 6.45) is 5.73. The molecule has 4 rings (SSSR count). The van der Waals surface area contributed by atoms with Crippen molar-refractivity contribution in [3.05, 3.63) is 33.9 Å². The fourth-order valence-corrected chi connectivity index (χ4v) is 4.26. The third kappa shape index (κ3) is 4.83. The van der Waals surface area contributed by atoms with Crippen molar-refractivity contribution in [3.63, 3.8) is 0 Å². The Balaban J connectivity index is 1.54. The fourth-order valence-electron chi connectivity index (χ4n) is 4.26. The highest BCUT2D eigenvalue weighted by atomic mass is 19.1. The number of anilines is 1. The molecule has 2 aliphatic rings. The molecule has 33 heavy (non-hydrogen) atoms. The number of aromatic carboxylic acids is 1. The van der Waals surface area contributed by atoms with E-state index in [1.165, 1.54) is 6.20 Å². The van der Waals surface area contributed by atoms with Crippen LogP contribution in [0.5, 0.6) is 0 Å². The van der Waals surface area contributed by atoms with Crippen LogP contribution >= 0.6 is 0 Å². The second-order valence-electron chi connectivity index (χ2n) is 8.81. The van der Waals surface area contributed by atoms with Gasteiger partial charge in [-0.15, -0.1) is 0 Å². The minimum Gasteiger partial charge on any atom is -0.477 e. The molecule has 2 atom stereocenters. The number of pyridine rings is 2. The van der Waals surface area contributed by atoms with Crippen molar-refractivity contribution in [2.45, 2.75) is 56.7 Å². The first-order valence-electron chi connectivity index (χ1n) is 11.3. The number of amides is 1. The maximum absolute atomic E-state index is 15.0. The Kier molecular flexibility index (Phi) is 6.61. The van der Waals surface area contributed by atoms with Gasteiger partial charge in [-0.3, -0.25) is 9.59 Å². The lowest BCUT2D eigenvalue weighted by Crippen LogP contribution is -2.46. The Bertz CT molecular complexity index is 1130. The molecular formula is C22H29FN6O4. The molecular weight excluding hydrogens is 431 g/mol. The van der Waals surface area contributed by atoms with Gasteiger partial charge in [0.1, 0.15) is 11.2 Å². The first-order chi connectivity index (χ1) is 15.8. The van der Waals surface area contributed by atoms with Crippen LogP contribution < -0.4 is 27.1 Å². The third-order valence-corrected chi connectivity index (χ3v) is 6.25. The Morgan fingerprint density at radius 1 is 1.30 bits per heavy atom. The largest absolute Gasteiger partial charge is 0.477 e. The minimum absolute atomic E-state index is 0.0448. The van der Waals surface area contributed by atoms with E-state index in [4.69, 9.17) is 11.5 Å². The van der Waals surface area contributed by atoms with Gasteiger partial charge in [0.2, 0.25) is 11.3 Å². The maximum atomic E-state index is 15.0. The van der Waals surface area contributed by atoms with Gasteiger partial charge in [-0.05, 0) is 44.7 Å². The number of hydrogen-bond acceptors (Lipinski definition) is 7. The number of nitrogens with zero attached hydrogens (tertiary/aromatic N) is 3. The molecule has 0 radical (unpaired) electrons. The summed E-state index contributed by atoms with van der Waals surface area (Å²) < 4.78 is 16.7. The van der Waals surface area contributed by atoms with E-state index in [9.17, 15) is 19.5 Å². The number of nitrogens with two attached hydrogens (primary N) is 2. The van der Waals surface area contributed by atoms with Crippen LogP contribution in [-0.2, 0) is 4.79 Å². The summed E-state index contributed by atoms with van der Waals surface area (Å²) >= 11 is 0. The molecule has 2 aromatic rings. The van der Waals surface area contributed by atoms with Crippen molar-refractivity contribution in [2.75, 3.05) is 24.5 Å². The van der Waals surface area contributed by atoms with E-state index >= 15 is 4.39 Å². The monoisotopic (exact) mass is 460 g/mol. The number of carboxylic acid groups (broad SMARTS) is 1. The Morgan fingerprint density at radius 2 is 2.06 bits per heavy atom. The fraction of sp³-hybridized carbons (Fsp3) is 0.545. The highest BCUT2D eigenvalue weighted by Gasteiger charge is 2.31. The Labute approximate surface area is 189 Å². The van der Waals surface area contributed by atoms with Crippen LogP contribution in [0.2, 0.25) is 0 Å². The molecule has 10 nitrogen and oxygen atoms in total. The Morgan fingerprint density at radius 3 is 2.73 bits per heavy atom. The number of halogens is 1. The van der Waals surface area contributed by atoms with Crippen LogP contribution in [-0.4, -0.2) is 58.3 Å². The molecule has 3 heterocycles. The van der Waals surface area contributed by atoms with E-state index in [1.54, 1.807) is 9.47 Å². The van der Waals surface area contributed by atoms with Crippen LogP contribution in [0, 0.1) is 5.82 Å². The number of hydrogen-bond donors (Lipinski definition) is 4. The minimum atomic E-state index is -1.35. The molecule has 2 fully saturated rings. The van der Waals surface area contributed by atoms with Gasteiger partial charge < -0.3 is 31.4 Å². The number of rotatable bonds is 9. The molecule has 2 unspecified atom stereocenters. The number of carboxylic acids is 1. The molecule has 0 aromatic carbocycles. The predicted molar refractivity (Wildman–Crippen MR) is 121 cm³/mol. The van der Waals surface area contributed by atoms with Crippen molar-refractivity contribution < 1.29 is 19.1 Å². The second kappa shape index (κ2) is 9.44. The van der Waals surface area contributed by atoms with Crippen molar-refractivity contribution in [2.24, 2.45) is 11.5 Å². The summed E-state index contributed by atoms with van der Waals surface area (Å²) in [5.74, 6) is -2.20. The zero-order chi connectivity index (χ0) is 23.7. The first-order valence-corrected chi connectivity index (χ1v) is 11.3. The summed E-state index contributed by atoms with van der Waals surface area (Å²) in [4.78, 5) is 42.6. The predicted octanol–water partition coefficient (Wildman–Crippen LogP) is 0.720. The first kappa shape index (κ1) is 23.1. The lowest BCUT2D eigenvalue weighted by Gasteiger charge is -2.21. The quantitative estimate of drug-likeness (QED) is 0.399. The Hall–Kier alpha value is -3.05. The second-order valence-corrected chi connectivity index (χ2v) is 8.81. The summed E-state index contributed by atoms with van der Waals surface area (Å²) in [5, 5.41) is 12.2. The lowest BCUT2D eigenvalue weighted by atomic mass is 10.1. The number of carbonyl (C=O) groups is 2. The summed E-state index contributed by atoms with van der Waals surface area (Å²) in [6, 6.07) is 0.306. The molecule has 2 aromatic heterocycles. The third-order valence-electron chi connectivity index (χ3n) is 6.25. The van der Waals surface area contributed by atoms with Crippen molar-refractivity contribution >= 4 is 28.7 Å². The van der Waals surface area contributed by atoms with Gasteiger partial charge in [0, 0.05) is 31.4 Å². The normalized spacial score (nSPS) is 19.1. The molecule has 178 valence electrons. The van der Waals surface area contributed by atoms with Gasteiger partial charge in [-0.1, -0.05) is 6.42 Å². The average molecular weight is 461 g/mol. The molecule has 1 saturated heterocycles. The van der Waals surface area contributed by atoms with Gasteiger partial charge in [0.05, 0.1) is 11.4 Å². The zero-order valence-electron chi connectivity index (χ0n) is 18.3. The van der Waals surface area contributed by atoms with Crippen LogP contribution in [0.3, 0.4) is 0 Å². The number of fused-ring (bicyclic) bond motifs is 1. The van der Waals surface area contributed by atoms with Crippen LogP contribution in [0.4, 0.5) is 10.2 Å². The molecule has 1 saturated carbocycles. The van der Waals surface area contributed by atoms with Crippen molar-refractivity contribution in [1.82, 2.24) is 14.9 Å². The van der Waals surface area contributed by atoms with E-state index in [1.807, 2.05) is 0 Å². The van der Waals surface area contributed by atoms with Gasteiger partial charge in [0.25, 0.3) is 0 Å². The van der Waals surface area contributed by atoms with Crippen molar-refractivity contribution in [3.8, 4) is 0 Å². The average Bonchev–Trinajstić information content (AvgIpc) is 3.52. The van der Waals surface area contributed by atoms with E-state index in [2.05, 4.69) is 10.3 Å². The highest BCUT2D eigenvalue weighted by molar-refractivity contribution is 5.92. The SMILES string of the molecule is NCCCCC(N)C(=O)NC1CCN(c2nc3c(cc2F)c(=O)c(C(=O)O)cn3C2CC2)C1. The van der Waals surface area contributed by atoms with Gasteiger partial charge in [-0.2, -0.15) is 0 Å². The molecule has 6 N–H and O–H groups in total. The van der Waals surface area contributed by atoms with Crippen LogP contribution in [0.1, 0.15) is 54.9 Å². The number of nitrogens with one attached hydrogen (secondary N) is 1. The van der Waals surface area contributed by atoms with E-state index in [0.29, 0.717) is 32.5 Å². The molecule has 11 heteroatoms. The standard InChI is InChI=1S/C22H29FN6O4/c23-16-9-14-18(30)15(22(32)33)11-29(13-4-5-13)19(14)27-20(16)28-8-6-12(10-28)26-21(31)17(25)3-1-2-7-24/h9,11-13,17H,1-8,10,24-25H2,(H,26,31)(H,32,33). The maximum Gasteiger partial charge on any atom is 0.341 e. The molecule has 0 spiro atoms. The summed E-state index contributed by atoms with van der Waals surface area (Å²) in [5.41, 5.74) is 10.6. The smallest absolute Gasteiger partial charge is 0.341 e. The van der Waals surface area contributed by atoms with Gasteiger partial charge >= 0.3 is 5.97 Å². The molecule has 1 amide bonds. The number of carbonyl (C=O) groups excluding carboxylic acids is 1. The highest BCUT2D eigenvalue weighted by Crippen LogP contribution is 2.37. The summed E-state index contributed by atoms with van der Waals surface area (Å²) in [6.45, 7) is 1.39. The summed E-state index contributed by atoms with van der Waals surface area (Å²) in [7, 11) is 0. The number of aromatic nitrogens is 2. The topological polar surface area (TPSA) is 157 Å². The van der Waals surface area contributed by atoms with Crippen molar-refractivity contribution in [1.29, 1.82) is 0 Å². The van der Waals surface area contributed by atoms with Crippen LogP contribution in [0.15, 0.2) is 17.1 Å². The zero-order valence-corrected chi connectivity index (χ0v) is 18.3. The van der Waals surface area contributed by atoms with E-state index in [0.717, 1.165) is 31.7 Å². The molecule has 1 aliphatic heterocycles. The lowest BCUT2D eigenvalue weighted by molar-refractivity contribution is -0.123. The molecule has 0 bridgehead atoms. The van der Waals surface area contributed by atoms with Gasteiger partial charge in [0.15, 0.2) is 11.6 Å². The van der Waals surface area contributed by atoms with Gasteiger partial charge in [-0.25, -0.2) is 14.2 Å². The van der Waals surface area contributed by atoms with E-state index in [-0.39, 0.29) is 34.8 Å². The van der Waals surface area contributed by atoms with Crippen LogP contribution in [0.25, 0.3) is 11.0 Å². The van der Waals surface area contributed by atoms with E-state index < -0.39 is 28.8 Å². The number of unbranched alkanes of at least 4 members (excludes halogenated alkanes) is 1.